The van der Waals surface area contributed by atoms with Crippen molar-refractivity contribution >= 4 is 21.8 Å². The van der Waals surface area contributed by atoms with E-state index in [1.54, 1.807) is 34.1 Å². The van der Waals surface area contributed by atoms with Crippen molar-refractivity contribution in [3.8, 4) is 6.07 Å². The highest BCUT2D eigenvalue weighted by Gasteiger charge is 2.28. The average molecular weight is 460 g/mol. The van der Waals surface area contributed by atoms with Gasteiger partial charge in [-0.1, -0.05) is 17.7 Å². The molecule has 9 nitrogen and oxygen atoms in total. The Hall–Kier alpha value is -2.90. The van der Waals surface area contributed by atoms with E-state index in [0.29, 0.717) is 39.0 Å². The fourth-order valence-electron chi connectivity index (χ4n) is 3.76. The van der Waals surface area contributed by atoms with Crippen LogP contribution in [0.1, 0.15) is 24.8 Å². The van der Waals surface area contributed by atoms with Crippen LogP contribution in [0.3, 0.4) is 0 Å². The van der Waals surface area contributed by atoms with Gasteiger partial charge in [-0.15, -0.1) is 0 Å². The zero-order valence-corrected chi connectivity index (χ0v) is 19.1. The molecule has 0 unspecified atom stereocenters. The van der Waals surface area contributed by atoms with Gasteiger partial charge in [-0.05, 0) is 31.9 Å². The largest absolute Gasteiger partial charge is 0.373 e. The number of benzene rings is 1. The highest BCUT2D eigenvalue weighted by molar-refractivity contribution is 7.89. The molecule has 32 heavy (non-hydrogen) atoms. The Balaban J connectivity index is 1.48. The van der Waals surface area contributed by atoms with Crippen molar-refractivity contribution < 1.29 is 18.0 Å². The summed E-state index contributed by atoms with van der Waals surface area (Å²) < 4.78 is 27.0. The number of nitrogens with one attached hydrogen (secondary N) is 1. The number of aryl methyl sites for hydroxylation is 1. The summed E-state index contributed by atoms with van der Waals surface area (Å²) >= 11 is 0. The second kappa shape index (κ2) is 10.6. The summed E-state index contributed by atoms with van der Waals surface area (Å²) in [5.74, 6) is -0.313. The molecular weight excluding hydrogens is 430 g/mol. The van der Waals surface area contributed by atoms with Gasteiger partial charge in [0.2, 0.25) is 15.9 Å². The first kappa shape index (κ1) is 23.8. The number of carbonyl (C=O) groups is 2. The quantitative estimate of drug-likeness (QED) is 0.350. The number of hydrogen-bond donors (Lipinski definition) is 1. The van der Waals surface area contributed by atoms with Crippen molar-refractivity contribution in [1.29, 1.82) is 5.26 Å². The molecule has 2 amide bonds. The Kier molecular flexibility index (Phi) is 7.88. The fourth-order valence-corrected chi connectivity index (χ4v) is 5.18. The summed E-state index contributed by atoms with van der Waals surface area (Å²) in [6.45, 7) is 4.97. The maximum absolute atomic E-state index is 12.8. The lowest BCUT2D eigenvalue weighted by molar-refractivity contribution is -0.127. The van der Waals surface area contributed by atoms with Crippen molar-refractivity contribution in [1.82, 2.24) is 19.4 Å². The van der Waals surface area contributed by atoms with Crippen LogP contribution in [-0.2, 0) is 19.6 Å². The molecule has 1 N–H and O–H groups in total. The van der Waals surface area contributed by atoms with Crippen LogP contribution in [0.2, 0.25) is 0 Å². The summed E-state index contributed by atoms with van der Waals surface area (Å²) in [6, 6.07) is 8.67. The van der Waals surface area contributed by atoms with Crippen molar-refractivity contribution in [3.05, 3.63) is 41.6 Å². The Morgan fingerprint density at radius 1 is 1.16 bits per heavy atom. The van der Waals surface area contributed by atoms with Gasteiger partial charge in [0.25, 0.3) is 5.91 Å². The lowest BCUT2D eigenvalue weighted by Crippen LogP contribution is -2.47. The molecule has 0 radical (unpaired) electrons. The number of nitrogens with zero attached hydrogens (tertiary/aromatic N) is 4. The third kappa shape index (κ3) is 5.87. The molecule has 172 valence electrons. The molecule has 0 saturated carbocycles. The van der Waals surface area contributed by atoms with Gasteiger partial charge in [-0.3, -0.25) is 9.59 Å². The summed E-state index contributed by atoms with van der Waals surface area (Å²) in [7, 11) is -3.56. The van der Waals surface area contributed by atoms with E-state index in [4.69, 9.17) is 0 Å². The molecule has 0 bridgehead atoms. The molecule has 0 atom stereocenters. The Labute approximate surface area is 189 Å². The minimum atomic E-state index is -3.56. The van der Waals surface area contributed by atoms with Crippen molar-refractivity contribution in [3.63, 3.8) is 0 Å². The SMILES string of the molecule is Cc1ccc(S(=O)(=O)N2CCN(/C=C(/C#N)C(=O)NCCCN3CCCC3=O)CC2)cc1. The molecule has 10 heteroatoms. The molecule has 0 spiro atoms. The van der Waals surface area contributed by atoms with Gasteiger partial charge in [-0.2, -0.15) is 9.57 Å². The van der Waals surface area contributed by atoms with Crippen molar-refractivity contribution in [2.24, 2.45) is 0 Å². The van der Waals surface area contributed by atoms with Gasteiger partial charge in [0.1, 0.15) is 11.6 Å². The van der Waals surface area contributed by atoms with E-state index in [-0.39, 0.29) is 29.5 Å². The Morgan fingerprint density at radius 2 is 1.84 bits per heavy atom. The zero-order chi connectivity index (χ0) is 23.1. The van der Waals surface area contributed by atoms with E-state index in [9.17, 15) is 23.3 Å². The van der Waals surface area contributed by atoms with Crippen molar-refractivity contribution in [2.75, 3.05) is 45.8 Å². The second-order valence-corrected chi connectivity index (χ2v) is 9.94. The number of carbonyl (C=O) groups excluding carboxylic acids is 2. The standard InChI is InChI=1S/C22H29N5O4S/c1-18-5-7-20(8-6-18)32(30,31)27-14-12-25(13-15-27)17-19(16-23)22(29)24-9-3-11-26-10-2-4-21(26)28/h5-8,17H,2-4,9-15H2,1H3,(H,24,29)/b19-17-. The fraction of sp³-hybridized carbons (Fsp3) is 0.500. The molecule has 2 aliphatic rings. The lowest BCUT2D eigenvalue weighted by Gasteiger charge is -2.33. The molecular formula is C22H29N5O4S. The van der Waals surface area contributed by atoms with Crippen LogP contribution in [-0.4, -0.2) is 80.2 Å². The molecule has 0 aliphatic carbocycles. The maximum Gasteiger partial charge on any atom is 0.263 e. The highest BCUT2D eigenvalue weighted by Crippen LogP contribution is 2.18. The minimum absolute atomic E-state index is 0.0166. The molecule has 0 aromatic heterocycles. The lowest BCUT2D eigenvalue weighted by atomic mass is 10.2. The molecule has 2 aliphatic heterocycles. The van der Waals surface area contributed by atoms with Gasteiger partial charge in [-0.25, -0.2) is 8.42 Å². The summed E-state index contributed by atoms with van der Waals surface area (Å²) in [5.41, 5.74) is 0.975. The number of amides is 2. The smallest absolute Gasteiger partial charge is 0.263 e. The van der Waals surface area contributed by atoms with Crippen LogP contribution in [0.4, 0.5) is 0 Å². The third-order valence-corrected chi connectivity index (χ3v) is 7.58. The number of nitriles is 1. The number of sulfonamides is 1. The van der Waals surface area contributed by atoms with E-state index < -0.39 is 15.9 Å². The topological polar surface area (TPSA) is 114 Å². The molecule has 3 rings (SSSR count). The van der Waals surface area contributed by atoms with Gasteiger partial charge in [0.15, 0.2) is 0 Å². The molecule has 2 fully saturated rings. The summed E-state index contributed by atoms with van der Waals surface area (Å²) in [5, 5.41) is 12.1. The van der Waals surface area contributed by atoms with E-state index in [2.05, 4.69) is 5.32 Å². The third-order valence-electron chi connectivity index (χ3n) is 5.67. The first-order valence-corrected chi connectivity index (χ1v) is 12.2. The van der Waals surface area contributed by atoms with Crippen LogP contribution in [0.25, 0.3) is 0 Å². The molecule has 2 saturated heterocycles. The van der Waals surface area contributed by atoms with Gasteiger partial charge < -0.3 is 15.1 Å². The first-order valence-electron chi connectivity index (χ1n) is 10.8. The van der Waals surface area contributed by atoms with Crippen LogP contribution in [0.5, 0.6) is 0 Å². The van der Waals surface area contributed by atoms with Gasteiger partial charge in [0.05, 0.1) is 4.90 Å². The number of likely N-dealkylation sites (tertiary alicyclic amines) is 1. The van der Waals surface area contributed by atoms with E-state index in [0.717, 1.165) is 18.5 Å². The van der Waals surface area contributed by atoms with E-state index in [1.165, 1.54) is 10.5 Å². The number of hydrogen-bond acceptors (Lipinski definition) is 6. The highest BCUT2D eigenvalue weighted by atomic mass is 32.2. The predicted octanol–water partition coefficient (Wildman–Crippen LogP) is 0.838. The summed E-state index contributed by atoms with van der Waals surface area (Å²) in [6.07, 6.45) is 3.60. The van der Waals surface area contributed by atoms with Crippen molar-refractivity contribution in [2.45, 2.75) is 31.1 Å². The minimum Gasteiger partial charge on any atom is -0.373 e. The first-order chi connectivity index (χ1) is 15.3. The molecule has 1 aromatic carbocycles. The second-order valence-electron chi connectivity index (χ2n) is 8.00. The summed E-state index contributed by atoms with van der Waals surface area (Å²) in [4.78, 5) is 27.8. The maximum atomic E-state index is 12.8. The van der Waals surface area contributed by atoms with Gasteiger partial charge >= 0.3 is 0 Å². The monoisotopic (exact) mass is 459 g/mol. The average Bonchev–Trinajstić information content (AvgIpc) is 3.20. The van der Waals surface area contributed by atoms with Crippen LogP contribution in [0, 0.1) is 18.3 Å². The Morgan fingerprint density at radius 3 is 2.44 bits per heavy atom. The number of rotatable bonds is 8. The number of piperazine rings is 1. The van der Waals surface area contributed by atoms with Gasteiger partial charge in [0, 0.05) is 58.4 Å². The Bertz CT molecular complexity index is 1010. The van der Waals surface area contributed by atoms with Crippen LogP contribution in [0.15, 0.2) is 40.9 Å². The normalized spacial score (nSPS) is 18.0. The van der Waals surface area contributed by atoms with E-state index in [1.807, 2.05) is 13.0 Å². The molecule has 2 heterocycles. The van der Waals surface area contributed by atoms with Crippen LogP contribution >= 0.6 is 0 Å². The van der Waals surface area contributed by atoms with Crippen LogP contribution < -0.4 is 5.32 Å². The zero-order valence-electron chi connectivity index (χ0n) is 18.3. The van der Waals surface area contributed by atoms with E-state index >= 15 is 0 Å². The molecule has 1 aromatic rings. The predicted molar refractivity (Wildman–Crippen MR) is 119 cm³/mol.